The highest BCUT2D eigenvalue weighted by atomic mass is 35.5. The van der Waals surface area contributed by atoms with E-state index in [1.807, 2.05) is 6.92 Å². The zero-order valence-electron chi connectivity index (χ0n) is 17.1. The van der Waals surface area contributed by atoms with Gasteiger partial charge in [0.25, 0.3) is 5.91 Å². The second-order valence-corrected chi connectivity index (χ2v) is 7.71. The molecule has 1 amide bonds. The van der Waals surface area contributed by atoms with Crippen LogP contribution in [0.3, 0.4) is 0 Å². The lowest BCUT2D eigenvalue weighted by atomic mass is 9.98. The summed E-state index contributed by atoms with van der Waals surface area (Å²) in [6.07, 6.45) is 2.81. The molecule has 0 unspecified atom stereocenters. The van der Waals surface area contributed by atoms with Crippen molar-refractivity contribution >= 4 is 35.1 Å². The van der Waals surface area contributed by atoms with E-state index in [1.165, 1.54) is 16.7 Å². The Morgan fingerprint density at radius 1 is 1.38 bits per heavy atom. The van der Waals surface area contributed by atoms with Crippen LogP contribution >= 0.6 is 11.6 Å². The van der Waals surface area contributed by atoms with Crippen molar-refractivity contribution in [3.8, 4) is 0 Å². The Kier molecular flexibility index (Phi) is 5.67. The minimum absolute atomic E-state index is 0.00842. The molecule has 10 heteroatoms. The molecule has 0 saturated carbocycles. The average molecular weight is 455 g/mol. The molecule has 0 bridgehead atoms. The predicted octanol–water partition coefficient (Wildman–Crippen LogP) is 3.15. The Morgan fingerprint density at radius 2 is 2.16 bits per heavy atom. The molecule has 0 aliphatic heterocycles. The first-order valence-electron chi connectivity index (χ1n) is 9.81. The van der Waals surface area contributed by atoms with Crippen LogP contribution in [-0.4, -0.2) is 44.2 Å². The number of carboxylic acids is 1. The maximum Gasteiger partial charge on any atom is 0.354 e. The quantitative estimate of drug-likeness (QED) is 0.433. The molecule has 1 aliphatic carbocycles. The number of amides is 1. The number of aromatic carboxylic acids is 1. The Bertz CT molecular complexity index is 1280. The first kappa shape index (κ1) is 21.5. The molecule has 0 radical (unpaired) electrons. The predicted molar refractivity (Wildman–Crippen MR) is 115 cm³/mol. The lowest BCUT2D eigenvalue weighted by Crippen LogP contribution is -2.29. The van der Waals surface area contributed by atoms with Crippen LogP contribution in [0.25, 0.3) is 5.65 Å². The second kappa shape index (κ2) is 8.43. The Hall–Kier alpha value is -3.72. The van der Waals surface area contributed by atoms with Crippen LogP contribution in [0, 0.1) is 6.92 Å². The number of rotatable bonds is 6. The van der Waals surface area contributed by atoms with Crippen molar-refractivity contribution in [3.05, 3.63) is 75.7 Å². The van der Waals surface area contributed by atoms with E-state index in [1.54, 1.807) is 12.1 Å². The van der Waals surface area contributed by atoms with Gasteiger partial charge in [0.15, 0.2) is 16.5 Å². The number of nitrogens with zero attached hydrogens (tertiary/aromatic N) is 3. The highest BCUT2D eigenvalue weighted by Crippen LogP contribution is 2.35. The van der Waals surface area contributed by atoms with Crippen LogP contribution in [-0.2, 0) is 11.2 Å². The van der Waals surface area contributed by atoms with Gasteiger partial charge >= 0.3 is 11.9 Å². The summed E-state index contributed by atoms with van der Waals surface area (Å²) >= 11 is 5.92. The molecular weight excluding hydrogens is 436 g/mol. The molecule has 0 saturated heterocycles. The van der Waals surface area contributed by atoms with Crippen LogP contribution < -0.4 is 5.32 Å². The van der Waals surface area contributed by atoms with Crippen molar-refractivity contribution < 1.29 is 24.2 Å². The molecule has 164 valence electrons. The SMILES string of the molecule is C=CCOC(=O)c1ccc2c(c1C)CC[C@@H]2NC(=O)c1cc(C(=O)O)nc2cc(Cl)nn12. The Balaban J connectivity index is 1.63. The molecule has 1 atom stereocenters. The number of carbonyl (C=O) groups is 3. The summed E-state index contributed by atoms with van der Waals surface area (Å²) in [5.74, 6) is -2.20. The normalized spacial score (nSPS) is 14.8. The molecule has 4 rings (SSSR count). The zero-order chi connectivity index (χ0) is 23.0. The largest absolute Gasteiger partial charge is 0.477 e. The number of fused-ring (bicyclic) bond motifs is 2. The van der Waals surface area contributed by atoms with Crippen molar-refractivity contribution in [2.45, 2.75) is 25.8 Å². The van der Waals surface area contributed by atoms with E-state index in [-0.39, 0.29) is 34.8 Å². The van der Waals surface area contributed by atoms with E-state index in [0.717, 1.165) is 22.8 Å². The summed E-state index contributed by atoms with van der Waals surface area (Å²) in [6, 6.07) is 5.72. The van der Waals surface area contributed by atoms with E-state index in [4.69, 9.17) is 16.3 Å². The van der Waals surface area contributed by atoms with Crippen LogP contribution in [0.1, 0.15) is 60.5 Å². The topological polar surface area (TPSA) is 123 Å². The minimum atomic E-state index is -1.27. The van der Waals surface area contributed by atoms with E-state index in [2.05, 4.69) is 22.0 Å². The number of hydrogen-bond donors (Lipinski definition) is 2. The molecule has 0 fully saturated rings. The molecule has 0 spiro atoms. The van der Waals surface area contributed by atoms with Gasteiger partial charge in [-0.2, -0.15) is 5.10 Å². The van der Waals surface area contributed by atoms with Crippen molar-refractivity contribution in [2.75, 3.05) is 6.61 Å². The van der Waals surface area contributed by atoms with E-state index in [9.17, 15) is 19.5 Å². The minimum Gasteiger partial charge on any atom is -0.477 e. The summed E-state index contributed by atoms with van der Waals surface area (Å²) in [7, 11) is 0. The second-order valence-electron chi connectivity index (χ2n) is 7.33. The first-order chi connectivity index (χ1) is 15.3. The van der Waals surface area contributed by atoms with Gasteiger partial charge in [0.1, 0.15) is 12.3 Å². The number of ether oxygens (including phenoxy) is 1. The summed E-state index contributed by atoms with van der Waals surface area (Å²) < 4.78 is 6.35. The van der Waals surface area contributed by atoms with Crippen LogP contribution in [0.15, 0.2) is 36.9 Å². The van der Waals surface area contributed by atoms with Crippen molar-refractivity contribution in [2.24, 2.45) is 0 Å². The van der Waals surface area contributed by atoms with Gasteiger partial charge in [0.2, 0.25) is 0 Å². The number of benzene rings is 1. The van der Waals surface area contributed by atoms with Crippen molar-refractivity contribution in [1.82, 2.24) is 19.9 Å². The van der Waals surface area contributed by atoms with Gasteiger partial charge in [-0.3, -0.25) is 4.79 Å². The van der Waals surface area contributed by atoms with Gasteiger partial charge in [-0.25, -0.2) is 19.1 Å². The molecule has 2 N–H and O–H groups in total. The molecule has 2 heterocycles. The highest BCUT2D eigenvalue weighted by molar-refractivity contribution is 6.29. The number of carboxylic acid groups (broad SMARTS) is 1. The number of esters is 1. The third-order valence-corrected chi connectivity index (χ3v) is 5.58. The first-order valence-corrected chi connectivity index (χ1v) is 10.2. The lowest BCUT2D eigenvalue weighted by Gasteiger charge is -2.16. The maximum absolute atomic E-state index is 13.1. The Labute approximate surface area is 187 Å². The molecule has 2 aromatic heterocycles. The molecule has 1 aliphatic rings. The third-order valence-electron chi connectivity index (χ3n) is 5.40. The van der Waals surface area contributed by atoms with Crippen LogP contribution in [0.2, 0.25) is 5.15 Å². The van der Waals surface area contributed by atoms with Gasteiger partial charge < -0.3 is 15.2 Å². The number of hydrogen-bond acceptors (Lipinski definition) is 6. The van der Waals surface area contributed by atoms with Crippen LogP contribution in [0.5, 0.6) is 0 Å². The molecule has 1 aromatic carbocycles. The average Bonchev–Trinajstić information content (AvgIpc) is 3.34. The van der Waals surface area contributed by atoms with E-state index in [0.29, 0.717) is 18.4 Å². The molecule has 3 aromatic rings. The zero-order valence-corrected chi connectivity index (χ0v) is 17.8. The number of carbonyl (C=O) groups excluding carboxylic acids is 2. The summed E-state index contributed by atoms with van der Waals surface area (Å²) in [5.41, 5.74) is 3.05. The molecule has 9 nitrogen and oxygen atoms in total. The fourth-order valence-electron chi connectivity index (χ4n) is 3.91. The van der Waals surface area contributed by atoms with E-state index >= 15 is 0 Å². The van der Waals surface area contributed by atoms with Gasteiger partial charge in [-0.05, 0) is 42.5 Å². The smallest absolute Gasteiger partial charge is 0.354 e. The number of aromatic nitrogens is 3. The summed E-state index contributed by atoms with van der Waals surface area (Å²) in [6.45, 7) is 5.52. The van der Waals surface area contributed by atoms with Crippen molar-refractivity contribution in [1.29, 1.82) is 0 Å². The fraction of sp³-hybridized carbons (Fsp3) is 0.227. The summed E-state index contributed by atoms with van der Waals surface area (Å²) in [5, 5.41) is 16.4. The van der Waals surface area contributed by atoms with Gasteiger partial charge in [0.05, 0.1) is 11.6 Å². The fourth-order valence-corrected chi connectivity index (χ4v) is 4.09. The Morgan fingerprint density at radius 3 is 2.88 bits per heavy atom. The van der Waals surface area contributed by atoms with Crippen molar-refractivity contribution in [3.63, 3.8) is 0 Å². The number of nitrogens with one attached hydrogen (secondary N) is 1. The standard InChI is InChI=1S/C22H19ClN4O5/c1-3-8-32-22(31)13-4-5-14-12(11(13)2)6-7-15(14)25-20(28)17-9-16(21(29)30)24-19-10-18(23)26-27(17)19/h3-5,9-10,15H,1,6-8H2,2H3,(H,25,28)(H,29,30)/t15-/m0/s1. The monoisotopic (exact) mass is 454 g/mol. The number of halogens is 1. The molecule has 32 heavy (non-hydrogen) atoms. The van der Waals surface area contributed by atoms with E-state index < -0.39 is 17.8 Å². The van der Waals surface area contributed by atoms with Gasteiger partial charge in [-0.1, -0.05) is 30.3 Å². The lowest BCUT2D eigenvalue weighted by molar-refractivity contribution is 0.0548. The third kappa shape index (κ3) is 3.82. The highest BCUT2D eigenvalue weighted by Gasteiger charge is 2.29. The van der Waals surface area contributed by atoms with Gasteiger partial charge in [0, 0.05) is 12.1 Å². The van der Waals surface area contributed by atoms with Crippen LogP contribution in [0.4, 0.5) is 0 Å². The molecular formula is C22H19ClN4O5. The maximum atomic E-state index is 13.1. The van der Waals surface area contributed by atoms with Gasteiger partial charge in [-0.15, -0.1) is 0 Å². The summed E-state index contributed by atoms with van der Waals surface area (Å²) in [4.78, 5) is 40.7.